The lowest BCUT2D eigenvalue weighted by Crippen LogP contribution is -2.06. The number of nitriles is 1. The summed E-state index contributed by atoms with van der Waals surface area (Å²) in [4.78, 5) is 10.3. The van der Waals surface area contributed by atoms with Gasteiger partial charge in [0.05, 0.1) is 6.07 Å². The molecule has 1 aromatic rings. The molecule has 0 bridgehead atoms. The Morgan fingerprint density at radius 1 is 1.20 bits per heavy atom. The van der Waals surface area contributed by atoms with Crippen molar-refractivity contribution in [1.82, 2.24) is 0 Å². The van der Waals surface area contributed by atoms with Crippen LogP contribution in [0, 0.1) is 34.6 Å². The normalized spacial score (nSPS) is 11.9. The summed E-state index contributed by atoms with van der Waals surface area (Å²) in [5.74, 6) is -9.04. The summed E-state index contributed by atoms with van der Waals surface area (Å²) in [7, 11) is 0. The van der Waals surface area contributed by atoms with Crippen molar-refractivity contribution in [2.75, 3.05) is 0 Å². The number of benzene rings is 1. The molecule has 6 heteroatoms. The molecule has 1 aromatic carbocycles. The zero-order valence-electron chi connectivity index (χ0n) is 7.10. The second-order valence-corrected chi connectivity index (χ2v) is 2.63. The number of hydrogen-bond acceptors (Lipinski definition) is 2. The fraction of sp³-hybridized carbons (Fsp3) is 0.111. The van der Waals surface area contributed by atoms with Crippen molar-refractivity contribution < 1.29 is 22.4 Å². The van der Waals surface area contributed by atoms with E-state index in [0.717, 1.165) is 0 Å². The van der Waals surface area contributed by atoms with Crippen LogP contribution in [0.1, 0.15) is 11.5 Å². The van der Waals surface area contributed by atoms with Gasteiger partial charge in [0.2, 0.25) is 0 Å². The highest BCUT2D eigenvalue weighted by atomic mass is 19.2. The molecule has 0 heterocycles. The molecule has 15 heavy (non-hydrogen) atoms. The zero-order valence-corrected chi connectivity index (χ0v) is 7.10. The SMILES string of the molecule is N#CC(C=O)c1cc(F)c(F)c(F)c1F. The Morgan fingerprint density at radius 3 is 2.27 bits per heavy atom. The van der Waals surface area contributed by atoms with Crippen LogP contribution in [0.15, 0.2) is 6.07 Å². The third-order valence-electron chi connectivity index (χ3n) is 1.74. The predicted molar refractivity (Wildman–Crippen MR) is 40.7 cm³/mol. The lowest BCUT2D eigenvalue weighted by Gasteiger charge is -2.05. The summed E-state index contributed by atoms with van der Waals surface area (Å²) >= 11 is 0. The van der Waals surface area contributed by atoms with Crippen molar-refractivity contribution in [2.24, 2.45) is 0 Å². The van der Waals surface area contributed by atoms with Gasteiger partial charge in [-0.1, -0.05) is 0 Å². The maximum absolute atomic E-state index is 13.0. The molecular formula is C9H3F4NO. The van der Waals surface area contributed by atoms with E-state index in [2.05, 4.69) is 0 Å². The Balaban J connectivity index is 3.45. The molecule has 0 amide bonds. The highest BCUT2D eigenvalue weighted by Gasteiger charge is 2.23. The average molecular weight is 217 g/mol. The predicted octanol–water partition coefficient (Wildman–Crippen LogP) is 2.05. The number of nitrogens with zero attached hydrogens (tertiary/aromatic N) is 1. The first-order chi connectivity index (χ1) is 7.02. The number of hydrogen-bond donors (Lipinski definition) is 0. The molecule has 0 N–H and O–H groups in total. The third kappa shape index (κ3) is 1.81. The maximum atomic E-state index is 13.0. The van der Waals surface area contributed by atoms with Crippen LogP contribution >= 0.6 is 0 Å². The lowest BCUT2D eigenvalue weighted by atomic mass is 10.0. The van der Waals surface area contributed by atoms with Crippen molar-refractivity contribution in [3.63, 3.8) is 0 Å². The van der Waals surface area contributed by atoms with Gasteiger partial charge in [0.15, 0.2) is 23.3 Å². The summed E-state index contributed by atoms with van der Waals surface area (Å²) in [6.45, 7) is 0. The van der Waals surface area contributed by atoms with Crippen molar-refractivity contribution in [1.29, 1.82) is 5.26 Å². The highest BCUT2D eigenvalue weighted by Crippen LogP contribution is 2.23. The van der Waals surface area contributed by atoms with E-state index in [-0.39, 0.29) is 12.4 Å². The van der Waals surface area contributed by atoms with E-state index in [1.807, 2.05) is 0 Å². The maximum Gasteiger partial charge on any atom is 0.197 e. The summed E-state index contributed by atoms with van der Waals surface area (Å²) in [6.07, 6.45) is 0.00913. The Kier molecular flexibility index (Phi) is 3.04. The molecule has 0 spiro atoms. The Bertz CT molecular complexity index is 452. The van der Waals surface area contributed by atoms with Gasteiger partial charge in [-0.25, -0.2) is 17.6 Å². The van der Waals surface area contributed by atoms with E-state index < -0.39 is 34.8 Å². The molecular weight excluding hydrogens is 214 g/mol. The summed E-state index contributed by atoms with van der Waals surface area (Å²) in [5, 5.41) is 8.37. The topological polar surface area (TPSA) is 40.9 Å². The van der Waals surface area contributed by atoms with Crippen molar-refractivity contribution in [2.45, 2.75) is 5.92 Å². The van der Waals surface area contributed by atoms with Gasteiger partial charge in [0.25, 0.3) is 0 Å². The Morgan fingerprint density at radius 2 is 1.80 bits per heavy atom. The molecule has 1 rings (SSSR count). The average Bonchev–Trinajstić information content (AvgIpc) is 2.24. The molecule has 0 saturated heterocycles. The molecule has 78 valence electrons. The van der Waals surface area contributed by atoms with Crippen LogP contribution in [0.2, 0.25) is 0 Å². The standard InChI is InChI=1S/C9H3F4NO/c10-6-1-5(4(2-14)3-15)7(11)9(13)8(6)12/h1,3-4H. The monoisotopic (exact) mass is 217 g/mol. The van der Waals surface area contributed by atoms with E-state index in [0.29, 0.717) is 0 Å². The van der Waals surface area contributed by atoms with Crippen LogP contribution in [-0.2, 0) is 4.79 Å². The Labute approximate surface area is 81.7 Å². The number of aldehydes is 1. The molecule has 1 unspecified atom stereocenters. The van der Waals surface area contributed by atoms with E-state index in [1.54, 1.807) is 0 Å². The van der Waals surface area contributed by atoms with Gasteiger partial charge < -0.3 is 4.79 Å². The van der Waals surface area contributed by atoms with Crippen LogP contribution in [0.3, 0.4) is 0 Å². The second-order valence-electron chi connectivity index (χ2n) is 2.63. The highest BCUT2D eigenvalue weighted by molar-refractivity contribution is 5.66. The third-order valence-corrected chi connectivity index (χ3v) is 1.74. The molecule has 0 saturated carbocycles. The molecule has 0 aliphatic rings. The molecule has 0 aliphatic heterocycles. The van der Waals surface area contributed by atoms with Crippen LogP contribution in [0.5, 0.6) is 0 Å². The summed E-state index contributed by atoms with van der Waals surface area (Å²) < 4.78 is 50.8. The van der Waals surface area contributed by atoms with Gasteiger partial charge in [-0.3, -0.25) is 0 Å². The molecule has 0 fully saturated rings. The second kappa shape index (κ2) is 4.09. The minimum absolute atomic E-state index is 0.00913. The van der Waals surface area contributed by atoms with Gasteiger partial charge in [-0.05, 0) is 6.07 Å². The molecule has 0 aliphatic carbocycles. The summed E-state index contributed by atoms with van der Waals surface area (Å²) in [5.41, 5.74) is -0.816. The van der Waals surface area contributed by atoms with Gasteiger partial charge in [-0.15, -0.1) is 0 Å². The van der Waals surface area contributed by atoms with Crippen LogP contribution < -0.4 is 0 Å². The van der Waals surface area contributed by atoms with E-state index >= 15 is 0 Å². The van der Waals surface area contributed by atoms with Crippen molar-refractivity contribution >= 4 is 6.29 Å². The number of carbonyl (C=O) groups excluding carboxylic acids is 1. The van der Waals surface area contributed by atoms with E-state index in [1.165, 1.54) is 6.07 Å². The first-order valence-electron chi connectivity index (χ1n) is 3.70. The van der Waals surface area contributed by atoms with Crippen molar-refractivity contribution in [3.8, 4) is 6.07 Å². The minimum atomic E-state index is -2.04. The van der Waals surface area contributed by atoms with Crippen LogP contribution in [-0.4, -0.2) is 6.29 Å². The molecule has 0 radical (unpaired) electrons. The van der Waals surface area contributed by atoms with Gasteiger partial charge in [0, 0.05) is 5.56 Å². The van der Waals surface area contributed by atoms with Gasteiger partial charge in [-0.2, -0.15) is 5.26 Å². The number of halogens is 4. The quantitative estimate of drug-likeness (QED) is 0.329. The van der Waals surface area contributed by atoms with E-state index in [4.69, 9.17) is 5.26 Å². The molecule has 2 nitrogen and oxygen atoms in total. The number of carbonyl (C=O) groups is 1. The molecule has 0 aromatic heterocycles. The largest absolute Gasteiger partial charge is 0.302 e. The molecule has 1 atom stereocenters. The minimum Gasteiger partial charge on any atom is -0.302 e. The smallest absolute Gasteiger partial charge is 0.197 e. The van der Waals surface area contributed by atoms with Gasteiger partial charge >= 0.3 is 0 Å². The van der Waals surface area contributed by atoms with Gasteiger partial charge in [0.1, 0.15) is 12.2 Å². The Hall–Kier alpha value is -1.90. The number of rotatable bonds is 2. The fourth-order valence-corrected chi connectivity index (χ4v) is 0.991. The first kappa shape index (κ1) is 11.2. The zero-order chi connectivity index (χ0) is 11.6. The fourth-order valence-electron chi connectivity index (χ4n) is 0.991. The van der Waals surface area contributed by atoms with Crippen LogP contribution in [0.4, 0.5) is 17.6 Å². The first-order valence-corrected chi connectivity index (χ1v) is 3.70. The van der Waals surface area contributed by atoms with Crippen molar-refractivity contribution in [3.05, 3.63) is 34.9 Å². The summed E-state index contributed by atoms with van der Waals surface area (Å²) in [6, 6.07) is 1.61. The van der Waals surface area contributed by atoms with E-state index in [9.17, 15) is 22.4 Å². The lowest BCUT2D eigenvalue weighted by molar-refractivity contribution is -0.108. The van der Waals surface area contributed by atoms with Crippen LogP contribution in [0.25, 0.3) is 0 Å².